The molecular formula is C21H19N3O4. The molecule has 0 aliphatic heterocycles. The lowest BCUT2D eigenvalue weighted by atomic mass is 10.1. The van der Waals surface area contributed by atoms with Crippen molar-refractivity contribution in [2.45, 2.75) is 20.4 Å². The molecular weight excluding hydrogens is 358 g/mol. The molecule has 0 saturated carbocycles. The lowest BCUT2D eigenvalue weighted by Crippen LogP contribution is -2.23. The number of hydrogen-bond acceptors (Lipinski definition) is 4. The van der Waals surface area contributed by atoms with E-state index in [0.717, 1.165) is 16.7 Å². The molecule has 28 heavy (non-hydrogen) atoms. The Hall–Kier alpha value is -3.74. The van der Waals surface area contributed by atoms with Crippen LogP contribution in [0.1, 0.15) is 27.0 Å². The van der Waals surface area contributed by atoms with Crippen LogP contribution >= 0.6 is 0 Å². The third-order valence-corrected chi connectivity index (χ3v) is 4.44. The quantitative estimate of drug-likeness (QED) is 0.542. The molecule has 0 spiro atoms. The van der Waals surface area contributed by atoms with Crippen molar-refractivity contribution >= 4 is 17.3 Å². The van der Waals surface area contributed by atoms with Gasteiger partial charge < -0.3 is 9.88 Å². The first kappa shape index (κ1) is 19.0. The van der Waals surface area contributed by atoms with Crippen molar-refractivity contribution in [1.82, 2.24) is 4.57 Å². The number of aryl methyl sites for hydroxylation is 2. The maximum Gasteiger partial charge on any atom is 0.292 e. The second kappa shape index (κ2) is 7.87. The van der Waals surface area contributed by atoms with Crippen LogP contribution in [0.5, 0.6) is 0 Å². The number of nitro benzene ring substituents is 1. The fourth-order valence-electron chi connectivity index (χ4n) is 2.88. The molecule has 7 heteroatoms. The summed E-state index contributed by atoms with van der Waals surface area (Å²) in [6.45, 7) is 4.27. The monoisotopic (exact) mass is 377 g/mol. The first-order valence-electron chi connectivity index (χ1n) is 8.66. The zero-order valence-electron chi connectivity index (χ0n) is 15.5. The Morgan fingerprint density at radius 1 is 1.11 bits per heavy atom. The SMILES string of the molecule is Cc1ccc(C)c(Cn2cc(C(=O)Nc3ccccc3[N+](=O)[O-])ccc2=O)c1. The van der Waals surface area contributed by atoms with Gasteiger partial charge in [0.1, 0.15) is 5.69 Å². The smallest absolute Gasteiger partial charge is 0.292 e. The van der Waals surface area contributed by atoms with Crippen molar-refractivity contribution in [1.29, 1.82) is 0 Å². The molecule has 7 nitrogen and oxygen atoms in total. The summed E-state index contributed by atoms with van der Waals surface area (Å²) in [4.78, 5) is 35.4. The van der Waals surface area contributed by atoms with Gasteiger partial charge in [-0.25, -0.2) is 0 Å². The van der Waals surface area contributed by atoms with E-state index in [1.54, 1.807) is 6.07 Å². The highest BCUT2D eigenvalue weighted by atomic mass is 16.6. The molecule has 0 aliphatic rings. The average molecular weight is 377 g/mol. The fraction of sp³-hybridized carbons (Fsp3) is 0.143. The van der Waals surface area contributed by atoms with Crippen molar-refractivity contribution in [3.8, 4) is 0 Å². The molecule has 142 valence electrons. The number of benzene rings is 2. The Morgan fingerprint density at radius 2 is 1.86 bits per heavy atom. The molecule has 0 bridgehead atoms. The van der Waals surface area contributed by atoms with Gasteiger partial charge in [0.25, 0.3) is 17.2 Å². The first-order chi connectivity index (χ1) is 13.3. The number of pyridine rings is 1. The normalized spacial score (nSPS) is 10.5. The third kappa shape index (κ3) is 4.15. The molecule has 0 aliphatic carbocycles. The Bertz CT molecular complexity index is 1120. The molecule has 0 atom stereocenters. The van der Waals surface area contributed by atoms with Crippen LogP contribution in [-0.4, -0.2) is 15.4 Å². The highest BCUT2D eigenvalue weighted by molar-refractivity contribution is 6.05. The second-order valence-electron chi connectivity index (χ2n) is 6.54. The number of anilines is 1. The summed E-state index contributed by atoms with van der Waals surface area (Å²) in [5.74, 6) is -0.524. The minimum atomic E-state index is -0.558. The molecule has 1 heterocycles. The number of rotatable bonds is 5. The van der Waals surface area contributed by atoms with Gasteiger partial charge in [-0.3, -0.25) is 19.7 Å². The van der Waals surface area contributed by atoms with Crippen molar-refractivity contribution in [2.24, 2.45) is 0 Å². The van der Waals surface area contributed by atoms with Gasteiger partial charge >= 0.3 is 0 Å². The van der Waals surface area contributed by atoms with E-state index in [1.165, 1.54) is 41.1 Å². The van der Waals surface area contributed by atoms with E-state index in [0.29, 0.717) is 6.54 Å². The van der Waals surface area contributed by atoms with Crippen LogP contribution in [0.25, 0.3) is 0 Å². The number of nitro groups is 1. The summed E-state index contributed by atoms with van der Waals surface area (Å²) in [7, 11) is 0. The summed E-state index contributed by atoms with van der Waals surface area (Å²) in [5.41, 5.74) is 3.03. The predicted molar refractivity (Wildman–Crippen MR) is 107 cm³/mol. The van der Waals surface area contributed by atoms with Crippen LogP contribution in [0.15, 0.2) is 65.6 Å². The molecule has 0 fully saturated rings. The molecule has 3 rings (SSSR count). The number of hydrogen-bond donors (Lipinski definition) is 1. The number of carbonyl (C=O) groups excluding carboxylic acids is 1. The minimum Gasteiger partial charge on any atom is -0.316 e. The van der Waals surface area contributed by atoms with Gasteiger partial charge in [0, 0.05) is 18.3 Å². The molecule has 0 unspecified atom stereocenters. The average Bonchev–Trinajstić information content (AvgIpc) is 2.66. The fourth-order valence-corrected chi connectivity index (χ4v) is 2.88. The largest absolute Gasteiger partial charge is 0.316 e. The molecule has 2 aromatic carbocycles. The van der Waals surface area contributed by atoms with Crippen molar-refractivity contribution in [2.75, 3.05) is 5.32 Å². The van der Waals surface area contributed by atoms with Crippen LogP contribution < -0.4 is 10.9 Å². The number of nitrogens with zero attached hydrogens (tertiary/aromatic N) is 2. The highest BCUT2D eigenvalue weighted by Gasteiger charge is 2.16. The standard InChI is InChI=1S/C21H19N3O4/c1-14-7-8-15(2)17(11-14)13-23-12-16(9-10-20(23)25)21(26)22-18-5-3-4-6-19(18)24(27)28/h3-12H,13H2,1-2H3,(H,22,26). The lowest BCUT2D eigenvalue weighted by Gasteiger charge is -2.11. The van der Waals surface area contributed by atoms with Crippen molar-refractivity contribution in [3.63, 3.8) is 0 Å². The summed E-state index contributed by atoms with van der Waals surface area (Å²) < 4.78 is 1.45. The van der Waals surface area contributed by atoms with Gasteiger partial charge in [0.15, 0.2) is 0 Å². The van der Waals surface area contributed by atoms with E-state index in [2.05, 4.69) is 5.32 Å². The van der Waals surface area contributed by atoms with E-state index in [9.17, 15) is 19.7 Å². The summed E-state index contributed by atoms with van der Waals surface area (Å²) >= 11 is 0. The summed E-state index contributed by atoms with van der Waals surface area (Å²) in [6.07, 6.45) is 1.47. The Kier molecular flexibility index (Phi) is 5.35. The van der Waals surface area contributed by atoms with Crippen LogP contribution in [0.4, 0.5) is 11.4 Å². The molecule has 1 amide bonds. The zero-order chi connectivity index (χ0) is 20.3. The molecule has 3 aromatic rings. The maximum absolute atomic E-state index is 12.6. The Labute approximate surface area is 161 Å². The van der Waals surface area contributed by atoms with Gasteiger partial charge in [-0.05, 0) is 37.1 Å². The van der Waals surface area contributed by atoms with E-state index >= 15 is 0 Å². The summed E-state index contributed by atoms with van der Waals surface area (Å²) in [6, 6.07) is 14.6. The number of amides is 1. The zero-order valence-corrected chi connectivity index (χ0v) is 15.5. The van der Waals surface area contributed by atoms with E-state index in [1.807, 2.05) is 32.0 Å². The topological polar surface area (TPSA) is 94.2 Å². The van der Waals surface area contributed by atoms with Gasteiger partial charge in [-0.1, -0.05) is 35.9 Å². The molecule has 1 aromatic heterocycles. The van der Waals surface area contributed by atoms with E-state index < -0.39 is 10.8 Å². The van der Waals surface area contributed by atoms with Gasteiger partial charge in [0.2, 0.25) is 0 Å². The Balaban J connectivity index is 1.89. The third-order valence-electron chi connectivity index (χ3n) is 4.44. The number of aromatic nitrogens is 1. The highest BCUT2D eigenvalue weighted by Crippen LogP contribution is 2.23. The maximum atomic E-state index is 12.6. The second-order valence-corrected chi connectivity index (χ2v) is 6.54. The van der Waals surface area contributed by atoms with E-state index in [4.69, 9.17) is 0 Å². The predicted octanol–water partition coefficient (Wildman–Crippen LogP) is 3.67. The minimum absolute atomic E-state index is 0.102. The summed E-state index contributed by atoms with van der Waals surface area (Å²) in [5, 5.41) is 13.7. The van der Waals surface area contributed by atoms with Gasteiger partial charge in [-0.2, -0.15) is 0 Å². The van der Waals surface area contributed by atoms with Gasteiger partial charge in [-0.15, -0.1) is 0 Å². The van der Waals surface area contributed by atoms with Crippen LogP contribution in [-0.2, 0) is 6.54 Å². The molecule has 0 radical (unpaired) electrons. The lowest BCUT2D eigenvalue weighted by molar-refractivity contribution is -0.383. The van der Waals surface area contributed by atoms with Crippen molar-refractivity contribution in [3.05, 3.63) is 104 Å². The molecule has 0 saturated heterocycles. The first-order valence-corrected chi connectivity index (χ1v) is 8.66. The van der Waals surface area contributed by atoms with Crippen LogP contribution in [0, 0.1) is 24.0 Å². The van der Waals surface area contributed by atoms with E-state index in [-0.39, 0.29) is 22.5 Å². The number of para-hydroxylation sites is 2. The number of carbonyl (C=O) groups is 1. The molecule has 1 N–H and O–H groups in total. The number of nitrogens with one attached hydrogen (secondary N) is 1. The van der Waals surface area contributed by atoms with Crippen LogP contribution in [0.3, 0.4) is 0 Å². The Morgan fingerprint density at radius 3 is 2.61 bits per heavy atom. The van der Waals surface area contributed by atoms with Crippen LogP contribution in [0.2, 0.25) is 0 Å². The van der Waals surface area contributed by atoms with Crippen molar-refractivity contribution < 1.29 is 9.72 Å². The van der Waals surface area contributed by atoms with Gasteiger partial charge in [0.05, 0.1) is 17.0 Å².